The van der Waals surface area contributed by atoms with Crippen molar-refractivity contribution in [1.29, 1.82) is 0 Å². The molecule has 0 radical (unpaired) electrons. The minimum absolute atomic E-state index is 0.0935. The number of nitrogens with zero attached hydrogens (tertiary/aromatic N) is 2. The van der Waals surface area contributed by atoms with Crippen LogP contribution in [0.4, 0.5) is 0 Å². The minimum atomic E-state index is -0.627. The number of aliphatic carboxylic acids is 1. The zero-order chi connectivity index (χ0) is 14.4. The van der Waals surface area contributed by atoms with Crippen molar-refractivity contribution in [1.82, 2.24) is 10.1 Å². The van der Waals surface area contributed by atoms with E-state index in [1.807, 2.05) is 11.4 Å². The van der Waals surface area contributed by atoms with E-state index in [0.29, 0.717) is 11.8 Å². The normalized spacial score (nSPS) is 27.2. The quantitative estimate of drug-likeness (QED) is 0.941. The van der Waals surface area contributed by atoms with Gasteiger partial charge >= 0.3 is 5.97 Å². The summed E-state index contributed by atoms with van der Waals surface area (Å²) in [4.78, 5) is 13.3. The number of fused-ring (bicyclic) bond motifs is 1. The predicted octanol–water partition coefficient (Wildman–Crippen LogP) is 2.79. The van der Waals surface area contributed by atoms with Crippen LogP contribution in [-0.2, 0) is 4.79 Å². The molecule has 0 aromatic carbocycles. The van der Waals surface area contributed by atoms with Gasteiger partial charge in [0.25, 0.3) is 0 Å². The lowest BCUT2D eigenvalue weighted by atomic mass is 9.93. The predicted molar refractivity (Wildman–Crippen MR) is 79.5 cm³/mol. The van der Waals surface area contributed by atoms with Gasteiger partial charge in [-0.1, -0.05) is 5.16 Å². The Balaban J connectivity index is 1.35. The van der Waals surface area contributed by atoms with Crippen LogP contribution in [0.2, 0.25) is 0 Å². The van der Waals surface area contributed by atoms with Crippen LogP contribution in [0.1, 0.15) is 30.9 Å². The smallest absolute Gasteiger partial charge is 0.306 e. The summed E-state index contributed by atoms with van der Waals surface area (Å²) in [6.07, 6.45) is 3.03. The third kappa shape index (κ3) is 2.46. The molecule has 2 fully saturated rings. The van der Waals surface area contributed by atoms with Crippen LogP contribution in [0.3, 0.4) is 0 Å². The van der Waals surface area contributed by atoms with E-state index < -0.39 is 5.97 Å². The molecule has 4 rings (SSSR count). The standard InChI is InChI=1S/C15H18N2O3S/c18-15(19)11-7-10(11)8-17-4-1-9(2-5-17)13-14-12(20-16-13)3-6-21-14/h3,6,9-11H,1-2,4-5,7-8H2,(H,18,19)/t10-,11?/m0/s1. The van der Waals surface area contributed by atoms with E-state index in [0.717, 1.165) is 50.2 Å². The van der Waals surface area contributed by atoms with Gasteiger partial charge < -0.3 is 14.5 Å². The summed E-state index contributed by atoms with van der Waals surface area (Å²) >= 11 is 1.70. The van der Waals surface area contributed by atoms with Crippen molar-refractivity contribution in [3.05, 3.63) is 17.1 Å². The van der Waals surface area contributed by atoms with Gasteiger partial charge in [-0.2, -0.15) is 0 Å². The van der Waals surface area contributed by atoms with Crippen molar-refractivity contribution >= 4 is 27.6 Å². The summed E-state index contributed by atoms with van der Waals surface area (Å²) in [5.74, 6) is 0.132. The molecule has 2 aromatic rings. The van der Waals surface area contributed by atoms with E-state index in [2.05, 4.69) is 10.1 Å². The van der Waals surface area contributed by atoms with Crippen LogP contribution < -0.4 is 0 Å². The first-order chi connectivity index (χ1) is 10.2. The summed E-state index contributed by atoms with van der Waals surface area (Å²) in [6.45, 7) is 3.01. The van der Waals surface area contributed by atoms with Crippen LogP contribution in [0, 0.1) is 11.8 Å². The highest BCUT2D eigenvalue weighted by Crippen LogP contribution is 2.41. The summed E-state index contributed by atoms with van der Waals surface area (Å²) in [7, 11) is 0. The molecule has 0 spiro atoms. The second-order valence-corrected chi connectivity index (χ2v) is 7.11. The van der Waals surface area contributed by atoms with Crippen LogP contribution in [0.5, 0.6) is 0 Å². The average molecular weight is 306 g/mol. The molecular formula is C15H18N2O3S. The maximum Gasteiger partial charge on any atom is 0.306 e. The summed E-state index contributed by atoms with van der Waals surface area (Å²) < 4.78 is 6.56. The molecule has 1 saturated heterocycles. The molecule has 2 atom stereocenters. The van der Waals surface area contributed by atoms with Gasteiger partial charge in [-0.05, 0) is 49.7 Å². The maximum absolute atomic E-state index is 10.9. The number of piperidine rings is 1. The van der Waals surface area contributed by atoms with Gasteiger partial charge in [0, 0.05) is 12.5 Å². The number of aromatic nitrogens is 1. The number of thiophene rings is 1. The van der Waals surface area contributed by atoms with Crippen molar-refractivity contribution in [2.45, 2.75) is 25.2 Å². The largest absolute Gasteiger partial charge is 0.481 e. The Bertz CT molecular complexity index is 657. The molecule has 0 bridgehead atoms. The third-order valence-electron chi connectivity index (χ3n) is 4.81. The fourth-order valence-electron chi connectivity index (χ4n) is 3.43. The Labute approximate surface area is 126 Å². The maximum atomic E-state index is 10.9. The van der Waals surface area contributed by atoms with E-state index >= 15 is 0 Å². The third-order valence-corrected chi connectivity index (χ3v) is 5.73. The Morgan fingerprint density at radius 3 is 3.00 bits per heavy atom. The highest BCUT2D eigenvalue weighted by atomic mass is 32.1. The fourth-order valence-corrected chi connectivity index (χ4v) is 4.30. The van der Waals surface area contributed by atoms with Crippen LogP contribution in [0.15, 0.2) is 16.0 Å². The summed E-state index contributed by atoms with van der Waals surface area (Å²) in [5.41, 5.74) is 2.02. The molecule has 1 aliphatic carbocycles. The number of carboxylic acid groups (broad SMARTS) is 1. The molecule has 6 heteroatoms. The van der Waals surface area contributed by atoms with Gasteiger partial charge in [0.05, 0.1) is 10.6 Å². The van der Waals surface area contributed by atoms with E-state index in [9.17, 15) is 4.79 Å². The zero-order valence-electron chi connectivity index (χ0n) is 11.7. The lowest BCUT2D eigenvalue weighted by Crippen LogP contribution is -2.35. The molecule has 3 heterocycles. The Hall–Kier alpha value is -1.40. The van der Waals surface area contributed by atoms with Gasteiger partial charge in [0.1, 0.15) is 5.69 Å². The highest BCUT2D eigenvalue weighted by Gasteiger charge is 2.44. The molecule has 1 saturated carbocycles. The molecule has 112 valence electrons. The molecule has 2 aliphatic rings. The van der Waals surface area contributed by atoms with Gasteiger partial charge in [-0.3, -0.25) is 4.79 Å². The van der Waals surface area contributed by atoms with Crippen LogP contribution in [0.25, 0.3) is 10.3 Å². The molecule has 1 N–H and O–H groups in total. The van der Waals surface area contributed by atoms with Gasteiger partial charge in [0.15, 0.2) is 5.58 Å². The Kier molecular flexibility index (Phi) is 3.23. The number of carboxylic acids is 1. The number of rotatable bonds is 4. The van der Waals surface area contributed by atoms with Crippen LogP contribution >= 0.6 is 11.3 Å². The second kappa shape index (κ2) is 5.10. The first kappa shape index (κ1) is 13.3. The lowest BCUT2D eigenvalue weighted by molar-refractivity contribution is -0.138. The SMILES string of the molecule is O=C(O)C1C[C@H]1CN1CCC(c2noc3ccsc23)CC1. The molecule has 5 nitrogen and oxygen atoms in total. The lowest BCUT2D eigenvalue weighted by Gasteiger charge is -2.31. The molecule has 21 heavy (non-hydrogen) atoms. The first-order valence-corrected chi connectivity index (χ1v) is 8.38. The molecule has 2 aromatic heterocycles. The van der Waals surface area contributed by atoms with Crippen molar-refractivity contribution in [3.63, 3.8) is 0 Å². The topological polar surface area (TPSA) is 66.6 Å². The Morgan fingerprint density at radius 1 is 1.48 bits per heavy atom. The first-order valence-electron chi connectivity index (χ1n) is 7.50. The molecule has 1 unspecified atom stereocenters. The summed E-state index contributed by atoms with van der Waals surface area (Å²) in [6, 6.07) is 1.98. The number of carbonyl (C=O) groups is 1. The van der Waals surface area contributed by atoms with Crippen molar-refractivity contribution in [2.24, 2.45) is 11.8 Å². The second-order valence-electron chi connectivity index (χ2n) is 6.20. The van der Waals surface area contributed by atoms with Gasteiger partial charge in [-0.25, -0.2) is 0 Å². The van der Waals surface area contributed by atoms with Crippen molar-refractivity contribution in [3.8, 4) is 0 Å². The number of hydrogen-bond donors (Lipinski definition) is 1. The van der Waals surface area contributed by atoms with Crippen LogP contribution in [-0.4, -0.2) is 40.8 Å². The molecular weight excluding hydrogens is 288 g/mol. The van der Waals surface area contributed by atoms with Crippen molar-refractivity contribution in [2.75, 3.05) is 19.6 Å². The monoisotopic (exact) mass is 306 g/mol. The van der Waals surface area contributed by atoms with E-state index in [4.69, 9.17) is 9.63 Å². The molecule has 1 aliphatic heterocycles. The minimum Gasteiger partial charge on any atom is -0.481 e. The van der Waals surface area contributed by atoms with E-state index in [1.54, 1.807) is 11.3 Å². The number of likely N-dealkylation sites (tertiary alicyclic amines) is 1. The Morgan fingerprint density at radius 2 is 2.29 bits per heavy atom. The molecule has 0 amide bonds. The fraction of sp³-hybridized carbons (Fsp3) is 0.600. The van der Waals surface area contributed by atoms with Gasteiger partial charge in [-0.15, -0.1) is 11.3 Å². The average Bonchev–Trinajstić information content (AvgIpc) is 2.92. The van der Waals surface area contributed by atoms with Gasteiger partial charge in [0.2, 0.25) is 0 Å². The summed E-state index contributed by atoms with van der Waals surface area (Å²) in [5, 5.41) is 15.3. The highest BCUT2D eigenvalue weighted by molar-refractivity contribution is 7.17. The number of hydrogen-bond acceptors (Lipinski definition) is 5. The van der Waals surface area contributed by atoms with E-state index in [1.165, 1.54) is 4.70 Å². The van der Waals surface area contributed by atoms with Crippen molar-refractivity contribution < 1.29 is 14.4 Å². The van der Waals surface area contributed by atoms with E-state index in [-0.39, 0.29) is 5.92 Å². The zero-order valence-corrected chi connectivity index (χ0v) is 12.5.